The predicted octanol–water partition coefficient (Wildman–Crippen LogP) is 2.98. The Morgan fingerprint density at radius 2 is 2.06 bits per heavy atom. The number of methoxy groups -OCH3 is 1. The number of aliphatic hydroxyl groups is 1. The Hall–Kier alpha value is -1.48. The van der Waals surface area contributed by atoms with Gasteiger partial charge in [0.2, 0.25) is 0 Å². The van der Waals surface area contributed by atoms with E-state index in [-0.39, 0.29) is 0 Å². The van der Waals surface area contributed by atoms with Crippen molar-refractivity contribution >= 4 is 10.9 Å². The van der Waals surface area contributed by atoms with Crippen LogP contribution < -0.4 is 4.74 Å². The van der Waals surface area contributed by atoms with E-state index in [1.165, 1.54) is 16.5 Å². The second kappa shape index (κ2) is 4.65. The molecule has 0 radical (unpaired) electrons. The molecule has 0 amide bonds. The molecular formula is C15H21NO2. The molecule has 0 fully saturated rings. The van der Waals surface area contributed by atoms with Crippen LogP contribution in [0, 0.1) is 0 Å². The molecule has 0 aliphatic heterocycles. The standard InChI is InChI=1S/C15H21NO2/c1-5-16-10-11(9-15(2,3)17)13-8-12(18-4)6-7-14(13)16/h6-8,10,17H,5,9H2,1-4H3. The van der Waals surface area contributed by atoms with E-state index >= 15 is 0 Å². The molecule has 0 unspecified atom stereocenters. The van der Waals surface area contributed by atoms with Crippen LogP contribution >= 0.6 is 0 Å². The third kappa shape index (κ3) is 2.51. The zero-order valence-corrected chi connectivity index (χ0v) is 11.5. The maximum Gasteiger partial charge on any atom is 0.119 e. The van der Waals surface area contributed by atoms with Crippen molar-refractivity contribution in [3.8, 4) is 5.75 Å². The van der Waals surface area contributed by atoms with Crippen molar-refractivity contribution < 1.29 is 9.84 Å². The fourth-order valence-corrected chi connectivity index (χ4v) is 2.35. The SMILES string of the molecule is CCn1cc(CC(C)(C)O)c2cc(OC)ccc21. The molecule has 0 aliphatic rings. The molecule has 0 spiro atoms. The largest absolute Gasteiger partial charge is 0.497 e. The van der Waals surface area contributed by atoms with Gasteiger partial charge in [-0.15, -0.1) is 0 Å². The van der Waals surface area contributed by atoms with Crippen LogP contribution in [0.4, 0.5) is 0 Å². The first-order chi connectivity index (χ1) is 8.44. The van der Waals surface area contributed by atoms with Gasteiger partial charge in [-0.2, -0.15) is 0 Å². The first-order valence-corrected chi connectivity index (χ1v) is 6.32. The number of aryl methyl sites for hydroxylation is 1. The minimum Gasteiger partial charge on any atom is -0.497 e. The van der Waals surface area contributed by atoms with Gasteiger partial charge < -0.3 is 14.4 Å². The minimum absolute atomic E-state index is 0.643. The first kappa shape index (κ1) is 13.0. The van der Waals surface area contributed by atoms with E-state index < -0.39 is 5.60 Å². The molecule has 0 saturated heterocycles. The number of ether oxygens (including phenoxy) is 1. The average molecular weight is 247 g/mol. The van der Waals surface area contributed by atoms with Crippen molar-refractivity contribution in [1.82, 2.24) is 4.57 Å². The number of hydrogen-bond donors (Lipinski definition) is 1. The highest BCUT2D eigenvalue weighted by Gasteiger charge is 2.17. The van der Waals surface area contributed by atoms with Gasteiger partial charge in [0.15, 0.2) is 0 Å². The molecule has 1 N–H and O–H groups in total. The molecule has 2 rings (SSSR count). The summed E-state index contributed by atoms with van der Waals surface area (Å²) >= 11 is 0. The molecule has 1 aromatic carbocycles. The topological polar surface area (TPSA) is 34.4 Å². The quantitative estimate of drug-likeness (QED) is 0.901. The Kier molecular flexibility index (Phi) is 3.35. The molecule has 0 atom stereocenters. The van der Waals surface area contributed by atoms with Gasteiger partial charge >= 0.3 is 0 Å². The number of benzene rings is 1. The molecule has 2 aromatic rings. The summed E-state index contributed by atoms with van der Waals surface area (Å²) in [5.74, 6) is 0.855. The van der Waals surface area contributed by atoms with E-state index in [2.05, 4.69) is 23.8 Å². The first-order valence-electron chi connectivity index (χ1n) is 6.32. The van der Waals surface area contributed by atoms with E-state index in [0.29, 0.717) is 6.42 Å². The number of rotatable bonds is 4. The van der Waals surface area contributed by atoms with Crippen LogP contribution in [0.3, 0.4) is 0 Å². The third-order valence-electron chi connectivity index (χ3n) is 3.13. The van der Waals surface area contributed by atoms with Crippen LogP contribution in [0.5, 0.6) is 5.75 Å². The zero-order valence-electron chi connectivity index (χ0n) is 11.5. The zero-order chi connectivity index (χ0) is 13.3. The predicted molar refractivity (Wildman–Crippen MR) is 74.2 cm³/mol. The van der Waals surface area contributed by atoms with Crippen LogP contribution in [0.2, 0.25) is 0 Å². The molecule has 0 aliphatic carbocycles. The summed E-state index contributed by atoms with van der Waals surface area (Å²) in [4.78, 5) is 0. The summed E-state index contributed by atoms with van der Waals surface area (Å²) in [7, 11) is 1.67. The van der Waals surface area contributed by atoms with Crippen molar-refractivity contribution in [3.05, 3.63) is 30.0 Å². The Morgan fingerprint density at radius 1 is 1.33 bits per heavy atom. The summed E-state index contributed by atoms with van der Waals surface area (Å²) in [6, 6.07) is 6.09. The average Bonchev–Trinajstić information content (AvgIpc) is 2.64. The molecule has 18 heavy (non-hydrogen) atoms. The van der Waals surface area contributed by atoms with Gasteiger partial charge in [0.25, 0.3) is 0 Å². The number of nitrogens with zero attached hydrogens (tertiary/aromatic N) is 1. The van der Waals surface area contributed by atoms with Crippen molar-refractivity contribution in [2.75, 3.05) is 7.11 Å². The van der Waals surface area contributed by atoms with Crippen molar-refractivity contribution in [2.45, 2.75) is 39.3 Å². The Labute approximate surface area is 108 Å². The van der Waals surface area contributed by atoms with E-state index in [1.807, 2.05) is 26.0 Å². The maximum absolute atomic E-state index is 10.00. The smallest absolute Gasteiger partial charge is 0.119 e. The second-order valence-electron chi connectivity index (χ2n) is 5.31. The molecule has 3 heteroatoms. The molecule has 98 valence electrons. The number of fused-ring (bicyclic) bond motifs is 1. The van der Waals surface area contributed by atoms with Crippen molar-refractivity contribution in [2.24, 2.45) is 0 Å². The van der Waals surface area contributed by atoms with E-state index in [9.17, 15) is 5.11 Å². The maximum atomic E-state index is 10.00. The highest BCUT2D eigenvalue weighted by molar-refractivity contribution is 5.85. The van der Waals surface area contributed by atoms with Gasteiger partial charge in [-0.1, -0.05) is 0 Å². The fraction of sp³-hybridized carbons (Fsp3) is 0.467. The highest BCUT2D eigenvalue weighted by atomic mass is 16.5. The van der Waals surface area contributed by atoms with Crippen LogP contribution in [0.15, 0.2) is 24.4 Å². The summed E-state index contributed by atoms with van der Waals surface area (Å²) in [6.45, 7) is 6.72. The summed E-state index contributed by atoms with van der Waals surface area (Å²) in [5, 5.41) is 11.2. The molecule has 1 aromatic heterocycles. The molecule has 0 bridgehead atoms. The molecule has 3 nitrogen and oxygen atoms in total. The van der Waals surface area contributed by atoms with Crippen molar-refractivity contribution in [3.63, 3.8) is 0 Å². The Morgan fingerprint density at radius 3 is 2.61 bits per heavy atom. The van der Waals surface area contributed by atoms with Gasteiger partial charge in [-0.3, -0.25) is 0 Å². The number of hydrogen-bond acceptors (Lipinski definition) is 2. The second-order valence-corrected chi connectivity index (χ2v) is 5.31. The van der Waals surface area contributed by atoms with Crippen LogP contribution in [-0.4, -0.2) is 22.4 Å². The van der Waals surface area contributed by atoms with E-state index in [4.69, 9.17) is 4.74 Å². The Bertz CT molecular complexity index is 549. The van der Waals surface area contributed by atoms with E-state index in [0.717, 1.165) is 12.3 Å². The summed E-state index contributed by atoms with van der Waals surface area (Å²) in [5.41, 5.74) is 1.66. The van der Waals surface area contributed by atoms with Gasteiger partial charge in [-0.05, 0) is 44.5 Å². The Balaban J connectivity index is 2.57. The highest BCUT2D eigenvalue weighted by Crippen LogP contribution is 2.28. The summed E-state index contributed by atoms with van der Waals surface area (Å²) in [6.07, 6.45) is 2.77. The van der Waals surface area contributed by atoms with Crippen molar-refractivity contribution in [1.29, 1.82) is 0 Å². The van der Waals surface area contributed by atoms with Gasteiger partial charge in [0.05, 0.1) is 12.7 Å². The third-order valence-corrected chi connectivity index (χ3v) is 3.13. The lowest BCUT2D eigenvalue weighted by atomic mass is 9.98. The van der Waals surface area contributed by atoms with Crippen LogP contribution in [-0.2, 0) is 13.0 Å². The minimum atomic E-state index is -0.698. The van der Waals surface area contributed by atoms with Gasteiger partial charge in [0.1, 0.15) is 5.75 Å². The van der Waals surface area contributed by atoms with Crippen LogP contribution in [0.25, 0.3) is 10.9 Å². The molecular weight excluding hydrogens is 226 g/mol. The fourth-order valence-electron chi connectivity index (χ4n) is 2.35. The van der Waals surface area contributed by atoms with Gasteiger partial charge in [0, 0.05) is 30.1 Å². The van der Waals surface area contributed by atoms with Gasteiger partial charge in [-0.25, -0.2) is 0 Å². The normalized spacial score (nSPS) is 12.1. The molecule has 1 heterocycles. The lowest BCUT2D eigenvalue weighted by Crippen LogP contribution is -2.21. The lowest BCUT2D eigenvalue weighted by Gasteiger charge is -2.16. The number of aromatic nitrogens is 1. The van der Waals surface area contributed by atoms with Crippen LogP contribution in [0.1, 0.15) is 26.3 Å². The molecule has 0 saturated carbocycles. The monoisotopic (exact) mass is 247 g/mol. The van der Waals surface area contributed by atoms with E-state index in [1.54, 1.807) is 7.11 Å². The lowest BCUT2D eigenvalue weighted by molar-refractivity contribution is 0.0813. The summed E-state index contributed by atoms with van der Waals surface area (Å²) < 4.78 is 7.48.